The summed E-state index contributed by atoms with van der Waals surface area (Å²) in [5.41, 5.74) is -3.13. The molecule has 10 heteroatoms. The summed E-state index contributed by atoms with van der Waals surface area (Å²) in [4.78, 5) is 9.68. The number of rotatable bonds is 3. The Bertz CT molecular complexity index is 821. The molecular formula is C13H8F4N4O2. The normalized spacial score (nSPS) is 11.3. The topological polar surface area (TPSA) is 84.8 Å². The summed E-state index contributed by atoms with van der Waals surface area (Å²) < 4.78 is 53.0. The number of alkyl halides is 3. The van der Waals surface area contributed by atoms with Gasteiger partial charge in [0, 0.05) is 5.56 Å². The molecule has 0 bridgehead atoms. The van der Waals surface area contributed by atoms with E-state index < -0.39 is 34.8 Å². The van der Waals surface area contributed by atoms with Crippen molar-refractivity contribution in [2.45, 2.75) is 19.6 Å². The largest absolute Gasteiger partial charge is 0.442 e. The van der Waals surface area contributed by atoms with Crippen molar-refractivity contribution in [3.05, 3.63) is 56.6 Å². The lowest BCUT2D eigenvalue weighted by Crippen LogP contribution is -2.10. The van der Waals surface area contributed by atoms with Crippen molar-refractivity contribution in [3.8, 4) is 6.07 Å². The summed E-state index contributed by atoms with van der Waals surface area (Å²) in [5.74, 6) is -0.810. The molecule has 0 amide bonds. The van der Waals surface area contributed by atoms with Crippen LogP contribution in [0.4, 0.5) is 23.2 Å². The molecule has 0 spiro atoms. The highest BCUT2D eigenvalue weighted by molar-refractivity contribution is 5.42. The molecule has 2 aromatic rings. The highest BCUT2D eigenvalue weighted by Gasteiger charge is 2.44. The zero-order chi connectivity index (χ0) is 17.4. The van der Waals surface area contributed by atoms with Crippen molar-refractivity contribution in [3.63, 3.8) is 0 Å². The Morgan fingerprint density at radius 2 is 2.09 bits per heavy atom. The fourth-order valence-electron chi connectivity index (χ4n) is 2.01. The first-order valence-electron chi connectivity index (χ1n) is 6.12. The van der Waals surface area contributed by atoms with Gasteiger partial charge >= 0.3 is 11.9 Å². The van der Waals surface area contributed by atoms with Gasteiger partial charge in [-0.3, -0.25) is 14.8 Å². The fourth-order valence-corrected chi connectivity index (χ4v) is 2.01. The number of nitriles is 1. The second kappa shape index (κ2) is 5.68. The van der Waals surface area contributed by atoms with Crippen LogP contribution in [0.1, 0.15) is 22.5 Å². The Labute approximate surface area is 126 Å². The van der Waals surface area contributed by atoms with Gasteiger partial charge in [-0.05, 0) is 19.1 Å². The lowest BCUT2D eigenvalue weighted by molar-refractivity contribution is -0.388. The van der Waals surface area contributed by atoms with E-state index in [0.717, 1.165) is 13.0 Å². The van der Waals surface area contributed by atoms with Gasteiger partial charge in [0.25, 0.3) is 0 Å². The zero-order valence-electron chi connectivity index (χ0n) is 11.6. The lowest BCUT2D eigenvalue weighted by atomic mass is 10.1. The van der Waals surface area contributed by atoms with Crippen molar-refractivity contribution in [1.29, 1.82) is 5.26 Å². The Hall–Kier alpha value is -2.96. The second-order valence-corrected chi connectivity index (χ2v) is 4.61. The van der Waals surface area contributed by atoms with Crippen LogP contribution in [0.3, 0.4) is 0 Å². The molecule has 0 saturated carbocycles. The molecule has 1 aromatic heterocycles. The average molecular weight is 328 g/mol. The van der Waals surface area contributed by atoms with Crippen LogP contribution in [0.2, 0.25) is 0 Å². The van der Waals surface area contributed by atoms with Gasteiger partial charge in [0.2, 0.25) is 5.69 Å². The van der Waals surface area contributed by atoms with Gasteiger partial charge in [-0.25, -0.2) is 4.39 Å². The van der Waals surface area contributed by atoms with E-state index in [1.54, 1.807) is 6.07 Å². The number of aromatic nitrogens is 2. The van der Waals surface area contributed by atoms with Gasteiger partial charge < -0.3 is 0 Å². The molecule has 120 valence electrons. The predicted octanol–water partition coefficient (Wildman–Crippen LogP) is 3.18. The van der Waals surface area contributed by atoms with Gasteiger partial charge in [0.1, 0.15) is 11.5 Å². The van der Waals surface area contributed by atoms with Gasteiger partial charge in [0.05, 0.1) is 23.1 Å². The Morgan fingerprint density at radius 1 is 1.43 bits per heavy atom. The quantitative estimate of drug-likeness (QED) is 0.492. The van der Waals surface area contributed by atoms with Gasteiger partial charge in [-0.1, -0.05) is 6.07 Å². The zero-order valence-corrected chi connectivity index (χ0v) is 11.6. The molecule has 0 atom stereocenters. The molecule has 0 N–H and O–H groups in total. The van der Waals surface area contributed by atoms with Crippen molar-refractivity contribution in [2.75, 3.05) is 0 Å². The van der Waals surface area contributed by atoms with Crippen molar-refractivity contribution < 1.29 is 22.5 Å². The molecule has 0 aliphatic heterocycles. The first kappa shape index (κ1) is 16.4. The van der Waals surface area contributed by atoms with Crippen molar-refractivity contribution in [1.82, 2.24) is 9.78 Å². The summed E-state index contributed by atoms with van der Waals surface area (Å²) in [7, 11) is 0. The summed E-state index contributed by atoms with van der Waals surface area (Å²) in [5, 5.41) is 22.7. The minimum atomic E-state index is -5.00. The van der Waals surface area contributed by atoms with E-state index in [4.69, 9.17) is 5.26 Å². The number of nitro groups is 1. The smallest absolute Gasteiger partial charge is 0.258 e. The molecule has 0 unspecified atom stereocenters. The molecular weight excluding hydrogens is 320 g/mol. The molecule has 0 saturated heterocycles. The monoisotopic (exact) mass is 328 g/mol. The summed E-state index contributed by atoms with van der Waals surface area (Å²) in [6.07, 6.45) is -5.00. The van der Waals surface area contributed by atoms with Crippen LogP contribution in [0.5, 0.6) is 0 Å². The maximum atomic E-state index is 13.8. The van der Waals surface area contributed by atoms with E-state index in [2.05, 4.69) is 5.10 Å². The molecule has 2 rings (SSSR count). The Kier molecular flexibility index (Phi) is 4.05. The highest BCUT2D eigenvalue weighted by atomic mass is 19.4. The first-order chi connectivity index (χ1) is 10.6. The number of benzene rings is 1. The molecule has 1 aromatic carbocycles. The van der Waals surface area contributed by atoms with Crippen LogP contribution >= 0.6 is 0 Å². The SMILES string of the molecule is Cc1c([N+](=O)[O-])c(C(F)(F)F)nn1Cc1ccc(C#N)cc1F. The van der Waals surface area contributed by atoms with Crippen LogP contribution in [0.15, 0.2) is 18.2 Å². The van der Waals surface area contributed by atoms with Gasteiger partial charge in [-0.2, -0.15) is 23.5 Å². The minimum Gasteiger partial charge on any atom is -0.258 e. The van der Waals surface area contributed by atoms with E-state index in [9.17, 15) is 27.7 Å². The number of halogens is 4. The van der Waals surface area contributed by atoms with Gasteiger partial charge in [-0.15, -0.1) is 0 Å². The maximum absolute atomic E-state index is 13.8. The van der Waals surface area contributed by atoms with Crippen LogP contribution in [-0.4, -0.2) is 14.7 Å². The first-order valence-corrected chi connectivity index (χ1v) is 6.12. The number of hydrogen-bond acceptors (Lipinski definition) is 4. The highest BCUT2D eigenvalue weighted by Crippen LogP contribution is 2.37. The lowest BCUT2D eigenvalue weighted by Gasteiger charge is -2.05. The molecule has 1 heterocycles. The fraction of sp³-hybridized carbons (Fsp3) is 0.231. The number of nitrogens with zero attached hydrogens (tertiary/aromatic N) is 4. The van der Waals surface area contributed by atoms with Crippen molar-refractivity contribution in [2.24, 2.45) is 0 Å². The van der Waals surface area contributed by atoms with E-state index >= 15 is 0 Å². The van der Waals surface area contributed by atoms with Crippen LogP contribution in [0, 0.1) is 34.2 Å². The molecule has 0 radical (unpaired) electrons. The molecule has 6 nitrogen and oxygen atoms in total. The van der Waals surface area contributed by atoms with Gasteiger partial charge in [0.15, 0.2) is 0 Å². The van der Waals surface area contributed by atoms with E-state index in [1.807, 2.05) is 0 Å². The number of hydrogen-bond donors (Lipinski definition) is 0. The molecule has 23 heavy (non-hydrogen) atoms. The van der Waals surface area contributed by atoms with E-state index in [1.165, 1.54) is 12.1 Å². The summed E-state index contributed by atoms with van der Waals surface area (Å²) >= 11 is 0. The van der Waals surface area contributed by atoms with Crippen LogP contribution in [-0.2, 0) is 12.7 Å². The summed E-state index contributed by atoms with van der Waals surface area (Å²) in [6, 6.07) is 5.15. The van der Waals surface area contributed by atoms with E-state index in [0.29, 0.717) is 4.68 Å². The third kappa shape index (κ3) is 3.13. The predicted molar refractivity (Wildman–Crippen MR) is 68.8 cm³/mol. The van der Waals surface area contributed by atoms with E-state index in [-0.39, 0.29) is 16.8 Å². The minimum absolute atomic E-state index is 0.0433. The third-order valence-corrected chi connectivity index (χ3v) is 3.13. The van der Waals surface area contributed by atoms with Crippen molar-refractivity contribution >= 4 is 5.69 Å². The molecule has 0 aliphatic rings. The molecule has 0 fully saturated rings. The average Bonchev–Trinajstić information content (AvgIpc) is 2.78. The van der Waals surface area contributed by atoms with Crippen LogP contribution in [0.25, 0.3) is 0 Å². The van der Waals surface area contributed by atoms with Crippen LogP contribution < -0.4 is 0 Å². The maximum Gasteiger partial charge on any atom is 0.442 e. The standard InChI is InChI=1S/C13H8F4N4O2/c1-7-11(21(22)23)12(13(15,16)17)19-20(7)6-9-3-2-8(5-18)4-10(9)14/h2-4H,6H2,1H3. The second-order valence-electron chi connectivity index (χ2n) is 4.61. The Morgan fingerprint density at radius 3 is 2.52 bits per heavy atom. The molecule has 0 aliphatic carbocycles. The summed E-state index contributed by atoms with van der Waals surface area (Å²) in [6.45, 7) is 0.669. The third-order valence-electron chi connectivity index (χ3n) is 3.13. The Balaban J connectivity index is 2.50.